The maximum absolute atomic E-state index is 11.1. The van der Waals surface area contributed by atoms with Crippen LogP contribution in [0.2, 0.25) is 0 Å². The highest BCUT2D eigenvalue weighted by Crippen LogP contribution is 2.23. The average Bonchev–Trinajstić information content (AvgIpc) is 2.38. The van der Waals surface area contributed by atoms with Crippen LogP contribution < -0.4 is 10.1 Å². The molecule has 5 heteroatoms. The molecule has 1 aromatic rings. The molecular formula is C13H20N2O3. The number of phenols is 1. The molecule has 0 spiro atoms. The summed E-state index contributed by atoms with van der Waals surface area (Å²) in [6.45, 7) is 1.20. The van der Waals surface area contributed by atoms with Gasteiger partial charge in [-0.15, -0.1) is 0 Å². The summed E-state index contributed by atoms with van der Waals surface area (Å²) in [5.41, 5.74) is 0.786. The van der Waals surface area contributed by atoms with Crippen LogP contribution in [0.3, 0.4) is 0 Å². The van der Waals surface area contributed by atoms with Crippen LogP contribution in [0, 0.1) is 0 Å². The van der Waals surface area contributed by atoms with Crippen molar-refractivity contribution in [3.05, 3.63) is 23.8 Å². The summed E-state index contributed by atoms with van der Waals surface area (Å²) < 4.78 is 5.11. The molecule has 0 aliphatic rings. The van der Waals surface area contributed by atoms with Gasteiger partial charge in [0.1, 0.15) is 11.5 Å². The molecule has 0 saturated heterocycles. The lowest BCUT2D eigenvalue weighted by Gasteiger charge is -2.17. The summed E-state index contributed by atoms with van der Waals surface area (Å²) >= 11 is 0. The number of phenolic OH excluding ortho intramolecular Hbond substituents is 1. The summed E-state index contributed by atoms with van der Waals surface area (Å²) in [7, 11) is 5.11. The van der Waals surface area contributed by atoms with E-state index in [2.05, 4.69) is 5.32 Å². The number of rotatable bonds is 6. The Balaban J connectivity index is 2.58. The molecule has 1 amide bonds. The van der Waals surface area contributed by atoms with Gasteiger partial charge in [-0.25, -0.2) is 0 Å². The normalized spacial score (nSPS) is 10.4. The molecule has 100 valence electrons. The van der Waals surface area contributed by atoms with Gasteiger partial charge in [-0.2, -0.15) is 0 Å². The van der Waals surface area contributed by atoms with Crippen LogP contribution in [-0.4, -0.2) is 43.7 Å². The zero-order valence-electron chi connectivity index (χ0n) is 11.1. The number of ether oxygens (including phenoxy) is 1. The van der Waals surface area contributed by atoms with E-state index in [0.717, 1.165) is 5.56 Å². The van der Waals surface area contributed by atoms with Gasteiger partial charge >= 0.3 is 0 Å². The number of aromatic hydroxyl groups is 1. The monoisotopic (exact) mass is 252 g/mol. The average molecular weight is 252 g/mol. The second-order valence-electron chi connectivity index (χ2n) is 4.16. The summed E-state index contributed by atoms with van der Waals surface area (Å²) in [4.78, 5) is 13.1. The Morgan fingerprint density at radius 1 is 1.50 bits per heavy atom. The van der Waals surface area contributed by atoms with E-state index < -0.39 is 0 Å². The molecule has 18 heavy (non-hydrogen) atoms. The number of carbonyl (C=O) groups excluding carboxylic acids is 1. The molecule has 0 saturated carbocycles. The van der Waals surface area contributed by atoms with Gasteiger partial charge in [-0.05, 0) is 25.2 Å². The molecule has 0 radical (unpaired) electrons. The number of carbonyl (C=O) groups is 1. The van der Waals surface area contributed by atoms with E-state index in [1.165, 1.54) is 0 Å². The summed E-state index contributed by atoms with van der Waals surface area (Å²) in [6, 6.07) is 5.12. The summed E-state index contributed by atoms with van der Waals surface area (Å²) in [5, 5.41) is 12.3. The minimum Gasteiger partial charge on any atom is -0.508 e. The van der Waals surface area contributed by atoms with Gasteiger partial charge in [0.15, 0.2) is 0 Å². The Hall–Kier alpha value is -1.75. The van der Waals surface area contributed by atoms with E-state index in [1.807, 2.05) is 11.9 Å². The highest BCUT2D eigenvalue weighted by molar-refractivity contribution is 5.75. The van der Waals surface area contributed by atoms with Gasteiger partial charge in [0.25, 0.3) is 0 Å². The van der Waals surface area contributed by atoms with Crippen LogP contribution in [0.4, 0.5) is 0 Å². The topological polar surface area (TPSA) is 61.8 Å². The maximum Gasteiger partial charge on any atom is 0.221 e. The minimum absolute atomic E-state index is 0.0108. The summed E-state index contributed by atoms with van der Waals surface area (Å²) in [5.74, 6) is 0.960. The Bertz CT molecular complexity index is 407. The van der Waals surface area contributed by atoms with Crippen molar-refractivity contribution >= 4 is 5.91 Å². The van der Waals surface area contributed by atoms with Gasteiger partial charge < -0.3 is 20.1 Å². The van der Waals surface area contributed by atoms with Crippen LogP contribution >= 0.6 is 0 Å². The highest BCUT2D eigenvalue weighted by atomic mass is 16.5. The first kappa shape index (κ1) is 14.3. The molecule has 1 rings (SSSR count). The number of amides is 1. The number of hydrogen-bond donors (Lipinski definition) is 2. The SMILES string of the molecule is CNC(=O)CCN(C)Cc1cc(OC)ccc1O. The Morgan fingerprint density at radius 2 is 2.22 bits per heavy atom. The first-order valence-corrected chi connectivity index (χ1v) is 5.81. The fourth-order valence-corrected chi connectivity index (χ4v) is 1.60. The zero-order chi connectivity index (χ0) is 13.5. The number of benzene rings is 1. The van der Waals surface area contributed by atoms with Gasteiger partial charge in [0.2, 0.25) is 5.91 Å². The largest absolute Gasteiger partial charge is 0.508 e. The maximum atomic E-state index is 11.1. The van der Waals surface area contributed by atoms with Gasteiger partial charge in [0.05, 0.1) is 7.11 Å². The quantitative estimate of drug-likeness (QED) is 0.792. The fourth-order valence-electron chi connectivity index (χ4n) is 1.60. The Kier molecular flexibility index (Phi) is 5.45. The first-order valence-electron chi connectivity index (χ1n) is 5.81. The van der Waals surface area contributed by atoms with Crippen molar-refractivity contribution in [3.8, 4) is 11.5 Å². The predicted molar refractivity (Wildman–Crippen MR) is 69.7 cm³/mol. The van der Waals surface area contributed by atoms with Crippen LogP contribution in [0.5, 0.6) is 11.5 Å². The third-order valence-corrected chi connectivity index (χ3v) is 2.73. The minimum atomic E-state index is 0.0108. The van der Waals surface area contributed by atoms with Gasteiger partial charge in [-0.1, -0.05) is 0 Å². The van der Waals surface area contributed by atoms with Crippen LogP contribution in [-0.2, 0) is 11.3 Å². The van der Waals surface area contributed by atoms with Crippen molar-refractivity contribution in [1.29, 1.82) is 0 Å². The van der Waals surface area contributed by atoms with Crippen molar-refractivity contribution in [2.45, 2.75) is 13.0 Å². The third-order valence-electron chi connectivity index (χ3n) is 2.73. The number of nitrogens with zero attached hydrogens (tertiary/aromatic N) is 1. The van der Waals surface area contributed by atoms with E-state index in [0.29, 0.717) is 25.3 Å². The molecule has 0 bridgehead atoms. The summed E-state index contributed by atoms with van der Waals surface area (Å²) in [6.07, 6.45) is 0.442. The molecule has 1 aromatic carbocycles. The zero-order valence-corrected chi connectivity index (χ0v) is 11.1. The smallest absolute Gasteiger partial charge is 0.221 e. The van der Waals surface area contributed by atoms with Crippen LogP contribution in [0.25, 0.3) is 0 Å². The number of methoxy groups -OCH3 is 1. The lowest BCUT2D eigenvalue weighted by atomic mass is 10.1. The lowest BCUT2D eigenvalue weighted by Crippen LogP contribution is -2.26. The van der Waals surface area contributed by atoms with Crippen molar-refractivity contribution in [3.63, 3.8) is 0 Å². The molecule has 0 aromatic heterocycles. The van der Waals surface area contributed by atoms with E-state index in [-0.39, 0.29) is 11.7 Å². The van der Waals surface area contributed by atoms with E-state index in [4.69, 9.17) is 4.74 Å². The fraction of sp³-hybridized carbons (Fsp3) is 0.462. The second-order valence-corrected chi connectivity index (χ2v) is 4.16. The van der Waals surface area contributed by atoms with Crippen molar-refractivity contribution in [1.82, 2.24) is 10.2 Å². The number of nitrogens with one attached hydrogen (secondary N) is 1. The number of hydrogen-bond acceptors (Lipinski definition) is 4. The molecule has 0 heterocycles. The molecule has 0 atom stereocenters. The van der Waals surface area contributed by atoms with Crippen molar-refractivity contribution in [2.24, 2.45) is 0 Å². The van der Waals surface area contributed by atoms with E-state index >= 15 is 0 Å². The highest BCUT2D eigenvalue weighted by Gasteiger charge is 2.08. The van der Waals surface area contributed by atoms with E-state index in [9.17, 15) is 9.90 Å². The van der Waals surface area contributed by atoms with E-state index in [1.54, 1.807) is 32.4 Å². The predicted octanol–water partition coefficient (Wildman–Crippen LogP) is 0.969. The van der Waals surface area contributed by atoms with Gasteiger partial charge in [0, 0.05) is 32.1 Å². The standard InChI is InChI=1S/C13H20N2O3/c1-14-13(17)6-7-15(2)9-10-8-11(18-3)4-5-12(10)16/h4-5,8,16H,6-7,9H2,1-3H3,(H,14,17). The van der Waals surface area contributed by atoms with Crippen molar-refractivity contribution < 1.29 is 14.6 Å². The Labute approximate surface area is 107 Å². The van der Waals surface area contributed by atoms with Crippen LogP contribution in [0.15, 0.2) is 18.2 Å². The second kappa shape index (κ2) is 6.86. The van der Waals surface area contributed by atoms with Crippen LogP contribution in [0.1, 0.15) is 12.0 Å². The Morgan fingerprint density at radius 3 is 2.83 bits per heavy atom. The molecule has 0 aliphatic heterocycles. The molecule has 0 aliphatic carbocycles. The molecule has 5 nitrogen and oxygen atoms in total. The molecule has 0 fully saturated rings. The molecule has 0 unspecified atom stereocenters. The van der Waals surface area contributed by atoms with Crippen molar-refractivity contribution in [2.75, 3.05) is 27.7 Å². The molecule has 2 N–H and O–H groups in total. The molecular weight excluding hydrogens is 232 g/mol. The third kappa shape index (κ3) is 4.25. The lowest BCUT2D eigenvalue weighted by molar-refractivity contribution is -0.120. The van der Waals surface area contributed by atoms with Gasteiger partial charge in [-0.3, -0.25) is 4.79 Å². The first-order chi connectivity index (χ1) is 8.56.